The SMILES string of the molecule is CC.CNC(=O)C(CCC=O)c1nn(C)c2cc(N3CCC(C[C@H]4CCNCC4(F)F)CC3)ccc12. The van der Waals surface area contributed by atoms with E-state index in [1.54, 1.807) is 11.7 Å². The van der Waals surface area contributed by atoms with Crippen LogP contribution in [0.25, 0.3) is 10.9 Å². The quantitative estimate of drug-likeness (QED) is 0.524. The number of carbonyl (C=O) groups is 2. The maximum Gasteiger partial charge on any atom is 0.263 e. The summed E-state index contributed by atoms with van der Waals surface area (Å²) in [5, 5.41) is 11.0. The van der Waals surface area contributed by atoms with E-state index in [0.29, 0.717) is 43.8 Å². The first kappa shape index (κ1) is 28.0. The Morgan fingerprint density at radius 3 is 2.64 bits per heavy atom. The number of aldehydes is 1. The van der Waals surface area contributed by atoms with Crippen molar-refractivity contribution in [3.05, 3.63) is 23.9 Å². The van der Waals surface area contributed by atoms with Crippen LogP contribution in [0.4, 0.5) is 14.5 Å². The van der Waals surface area contributed by atoms with Crippen molar-refractivity contribution in [2.24, 2.45) is 18.9 Å². The molecule has 4 rings (SSSR count). The van der Waals surface area contributed by atoms with Crippen LogP contribution >= 0.6 is 0 Å². The van der Waals surface area contributed by atoms with Crippen molar-refractivity contribution in [1.29, 1.82) is 0 Å². The van der Waals surface area contributed by atoms with Gasteiger partial charge in [0, 0.05) is 50.6 Å². The van der Waals surface area contributed by atoms with E-state index in [2.05, 4.69) is 32.8 Å². The average Bonchev–Trinajstić information content (AvgIpc) is 3.22. The first-order valence-electron chi connectivity index (χ1n) is 13.3. The van der Waals surface area contributed by atoms with Crippen molar-refractivity contribution in [3.63, 3.8) is 0 Å². The molecule has 2 aliphatic rings. The van der Waals surface area contributed by atoms with E-state index in [9.17, 15) is 18.4 Å². The number of alkyl halides is 2. The Balaban J connectivity index is 0.00000176. The fourth-order valence-corrected chi connectivity index (χ4v) is 5.54. The number of piperidine rings is 2. The number of aromatic nitrogens is 2. The molecule has 0 spiro atoms. The largest absolute Gasteiger partial charge is 0.371 e. The van der Waals surface area contributed by atoms with E-state index < -0.39 is 17.8 Å². The summed E-state index contributed by atoms with van der Waals surface area (Å²) in [7, 11) is 3.46. The first-order chi connectivity index (χ1) is 17.3. The maximum atomic E-state index is 14.2. The molecule has 2 aliphatic heterocycles. The molecule has 2 atom stereocenters. The van der Waals surface area contributed by atoms with Gasteiger partial charge in [-0.15, -0.1) is 0 Å². The highest BCUT2D eigenvalue weighted by molar-refractivity contribution is 5.92. The molecule has 1 unspecified atom stereocenters. The van der Waals surface area contributed by atoms with Gasteiger partial charge in [0.05, 0.1) is 23.7 Å². The number of nitrogens with one attached hydrogen (secondary N) is 2. The molecule has 1 aromatic carbocycles. The van der Waals surface area contributed by atoms with Gasteiger partial charge in [0.1, 0.15) is 6.29 Å². The van der Waals surface area contributed by atoms with Crippen molar-refractivity contribution in [2.45, 2.75) is 64.2 Å². The highest BCUT2D eigenvalue weighted by Crippen LogP contribution is 2.38. The van der Waals surface area contributed by atoms with Gasteiger partial charge >= 0.3 is 0 Å². The Morgan fingerprint density at radius 1 is 1.28 bits per heavy atom. The fourth-order valence-electron chi connectivity index (χ4n) is 5.54. The average molecular weight is 506 g/mol. The predicted octanol–water partition coefficient (Wildman–Crippen LogP) is 4.26. The summed E-state index contributed by atoms with van der Waals surface area (Å²) in [6.45, 7) is 6.18. The topological polar surface area (TPSA) is 79.3 Å². The van der Waals surface area contributed by atoms with E-state index in [1.165, 1.54) is 0 Å². The van der Waals surface area contributed by atoms with Crippen molar-refractivity contribution in [3.8, 4) is 0 Å². The van der Waals surface area contributed by atoms with E-state index >= 15 is 0 Å². The molecule has 0 radical (unpaired) electrons. The number of halogens is 2. The molecule has 2 saturated heterocycles. The number of amides is 1. The molecule has 1 aromatic heterocycles. The molecule has 2 N–H and O–H groups in total. The van der Waals surface area contributed by atoms with Crippen LogP contribution in [0.15, 0.2) is 18.2 Å². The summed E-state index contributed by atoms with van der Waals surface area (Å²) in [5.74, 6) is -3.40. The lowest BCUT2D eigenvalue weighted by Crippen LogP contribution is -2.47. The van der Waals surface area contributed by atoms with Crippen LogP contribution in [0, 0.1) is 11.8 Å². The second kappa shape index (κ2) is 12.6. The van der Waals surface area contributed by atoms with Gasteiger partial charge in [-0.2, -0.15) is 5.10 Å². The Hall–Kier alpha value is -2.55. The van der Waals surface area contributed by atoms with E-state index in [4.69, 9.17) is 0 Å². The Bertz CT molecular complexity index is 1020. The van der Waals surface area contributed by atoms with Gasteiger partial charge in [0.2, 0.25) is 5.91 Å². The van der Waals surface area contributed by atoms with Crippen molar-refractivity contribution < 1.29 is 18.4 Å². The lowest BCUT2D eigenvalue weighted by molar-refractivity contribution is -0.122. The highest BCUT2D eigenvalue weighted by atomic mass is 19.3. The van der Waals surface area contributed by atoms with Crippen LogP contribution < -0.4 is 15.5 Å². The number of rotatable bonds is 8. The van der Waals surface area contributed by atoms with Crippen LogP contribution in [0.2, 0.25) is 0 Å². The molecule has 0 saturated carbocycles. The number of hydrogen-bond donors (Lipinski definition) is 2. The minimum atomic E-state index is -2.60. The Kier molecular flexibility index (Phi) is 9.82. The van der Waals surface area contributed by atoms with Crippen LogP contribution in [0.3, 0.4) is 0 Å². The molecule has 2 aromatic rings. The van der Waals surface area contributed by atoms with E-state index in [-0.39, 0.29) is 12.5 Å². The zero-order valence-electron chi connectivity index (χ0n) is 22.0. The summed E-state index contributed by atoms with van der Waals surface area (Å²) in [4.78, 5) is 25.7. The summed E-state index contributed by atoms with van der Waals surface area (Å²) in [5.41, 5.74) is 2.70. The van der Waals surface area contributed by atoms with Crippen LogP contribution in [-0.2, 0) is 16.6 Å². The van der Waals surface area contributed by atoms with Gasteiger partial charge in [-0.3, -0.25) is 9.48 Å². The second-order valence-electron chi connectivity index (χ2n) is 9.71. The molecule has 9 heteroatoms. The van der Waals surface area contributed by atoms with Gasteiger partial charge in [0.15, 0.2) is 0 Å². The molecule has 1 amide bonds. The second-order valence-corrected chi connectivity index (χ2v) is 9.71. The molecule has 2 fully saturated rings. The molecule has 200 valence electrons. The van der Waals surface area contributed by atoms with Gasteiger partial charge in [-0.1, -0.05) is 13.8 Å². The zero-order valence-corrected chi connectivity index (χ0v) is 22.0. The summed E-state index contributed by atoms with van der Waals surface area (Å²) < 4.78 is 30.2. The lowest BCUT2D eigenvalue weighted by atomic mass is 9.81. The van der Waals surface area contributed by atoms with Gasteiger partial charge < -0.3 is 20.3 Å². The smallest absolute Gasteiger partial charge is 0.263 e. The molecule has 0 aliphatic carbocycles. The minimum absolute atomic E-state index is 0.146. The predicted molar refractivity (Wildman–Crippen MR) is 140 cm³/mol. The number of carbonyl (C=O) groups excluding carboxylic acids is 2. The van der Waals surface area contributed by atoms with Crippen molar-refractivity contribution >= 4 is 28.8 Å². The third-order valence-electron chi connectivity index (χ3n) is 7.55. The van der Waals surface area contributed by atoms with Crippen LogP contribution in [-0.4, -0.2) is 61.1 Å². The number of anilines is 1. The highest BCUT2D eigenvalue weighted by Gasteiger charge is 2.42. The van der Waals surface area contributed by atoms with Gasteiger partial charge in [-0.25, -0.2) is 8.78 Å². The normalized spacial score (nSPS) is 20.9. The summed E-state index contributed by atoms with van der Waals surface area (Å²) in [6.07, 6.45) is 4.53. The number of hydrogen-bond acceptors (Lipinski definition) is 5. The number of benzene rings is 1. The van der Waals surface area contributed by atoms with Gasteiger partial charge in [-0.05, 0) is 62.8 Å². The molecule has 7 nitrogen and oxygen atoms in total. The number of aryl methyl sites for hydroxylation is 1. The number of fused-ring (bicyclic) bond motifs is 1. The van der Waals surface area contributed by atoms with E-state index in [0.717, 1.165) is 48.8 Å². The monoisotopic (exact) mass is 505 g/mol. The van der Waals surface area contributed by atoms with Crippen LogP contribution in [0.5, 0.6) is 0 Å². The van der Waals surface area contributed by atoms with Gasteiger partial charge in [0.25, 0.3) is 5.92 Å². The molecule has 36 heavy (non-hydrogen) atoms. The minimum Gasteiger partial charge on any atom is -0.371 e. The molecule has 0 bridgehead atoms. The third-order valence-corrected chi connectivity index (χ3v) is 7.55. The lowest BCUT2D eigenvalue weighted by Gasteiger charge is -2.38. The Morgan fingerprint density at radius 2 is 2.00 bits per heavy atom. The standard InChI is InChI=1S/C25H35F2N5O2.C2H6/c1-28-24(34)21(4-3-13-33)23-20-6-5-19(15-22(20)31(2)30-23)32-11-8-17(9-12-32)14-18-7-10-29-16-25(18,26)27;1-2/h5-6,13,15,17-18,21,29H,3-4,7-12,14,16H2,1-2H3,(H,28,34);1-2H3/t18-,21?;/m1./s1. The number of likely N-dealkylation sites (N-methyl/N-ethyl adjacent to an activating group) is 1. The first-order valence-corrected chi connectivity index (χ1v) is 13.3. The van der Waals surface area contributed by atoms with Crippen molar-refractivity contribution in [2.75, 3.05) is 38.1 Å². The Labute approximate surface area is 213 Å². The fraction of sp³-hybridized carbons (Fsp3) is 0.667. The van der Waals surface area contributed by atoms with Crippen LogP contribution in [0.1, 0.15) is 64.0 Å². The maximum absolute atomic E-state index is 14.2. The zero-order chi connectivity index (χ0) is 26.3. The van der Waals surface area contributed by atoms with E-state index in [1.807, 2.05) is 27.0 Å². The molecular weight excluding hydrogens is 464 g/mol. The molecule has 3 heterocycles. The molecular formula is C27H41F2N5O2. The van der Waals surface area contributed by atoms with Crippen molar-refractivity contribution in [1.82, 2.24) is 20.4 Å². The third kappa shape index (κ3) is 6.22. The summed E-state index contributed by atoms with van der Waals surface area (Å²) in [6, 6.07) is 6.15. The number of nitrogens with zero attached hydrogens (tertiary/aromatic N) is 3. The summed E-state index contributed by atoms with van der Waals surface area (Å²) >= 11 is 0.